The quantitative estimate of drug-likeness (QED) is 0.713. The van der Waals surface area contributed by atoms with Crippen LogP contribution in [0.5, 0.6) is 0 Å². The Kier molecular flexibility index (Phi) is 5.76. The van der Waals surface area contributed by atoms with Gasteiger partial charge in [-0.15, -0.1) is 0 Å². The molecule has 4 heteroatoms. The van der Waals surface area contributed by atoms with Crippen molar-refractivity contribution < 1.29 is 0 Å². The summed E-state index contributed by atoms with van der Waals surface area (Å²) in [7, 11) is 0. The number of hydrogen-bond acceptors (Lipinski definition) is 1. The van der Waals surface area contributed by atoms with Crippen molar-refractivity contribution in [2.75, 3.05) is 10.6 Å². The molecule has 0 spiro atoms. The molecule has 0 heterocycles. The molecule has 0 bridgehead atoms. The summed E-state index contributed by atoms with van der Waals surface area (Å²) in [6.45, 7) is 4.28. The van der Waals surface area contributed by atoms with Gasteiger partial charge in [0.05, 0.1) is 0 Å². The van der Waals surface area contributed by atoms with Crippen molar-refractivity contribution in [1.29, 1.82) is 0 Å². The standard InChI is InChI=1S/C17H19BrN2S/c1-3-12-5-8-15(9-6-12)19-17(21)20-16-10-7-14(18)11-13(16)4-2/h5-11H,3-4H2,1-2H3,(H2,19,20,21). The number of benzene rings is 2. The van der Waals surface area contributed by atoms with Crippen LogP contribution in [0.1, 0.15) is 25.0 Å². The maximum atomic E-state index is 5.39. The number of aryl methyl sites for hydroxylation is 2. The van der Waals surface area contributed by atoms with Crippen molar-refractivity contribution in [2.24, 2.45) is 0 Å². The van der Waals surface area contributed by atoms with Gasteiger partial charge in [-0.2, -0.15) is 0 Å². The minimum absolute atomic E-state index is 0.608. The van der Waals surface area contributed by atoms with Gasteiger partial charge in [-0.25, -0.2) is 0 Å². The van der Waals surface area contributed by atoms with E-state index >= 15 is 0 Å². The summed E-state index contributed by atoms with van der Waals surface area (Å²) in [5.41, 5.74) is 4.60. The second-order valence-corrected chi connectivity index (χ2v) is 6.11. The minimum atomic E-state index is 0.608. The van der Waals surface area contributed by atoms with E-state index in [0.29, 0.717) is 5.11 Å². The molecule has 0 aliphatic carbocycles. The van der Waals surface area contributed by atoms with Crippen molar-refractivity contribution in [3.8, 4) is 0 Å². The Hall–Kier alpha value is -1.39. The molecule has 0 fully saturated rings. The van der Waals surface area contributed by atoms with E-state index in [1.54, 1.807) is 0 Å². The van der Waals surface area contributed by atoms with E-state index in [4.69, 9.17) is 12.2 Å². The Labute approximate surface area is 140 Å². The Balaban J connectivity index is 2.04. The third-order valence-electron chi connectivity index (χ3n) is 3.32. The third kappa shape index (κ3) is 4.55. The highest BCUT2D eigenvalue weighted by Gasteiger charge is 2.04. The molecule has 2 nitrogen and oxygen atoms in total. The molecule has 2 rings (SSSR count). The maximum absolute atomic E-state index is 5.39. The normalized spacial score (nSPS) is 10.2. The molecule has 2 aromatic rings. The molecule has 0 aromatic heterocycles. The predicted molar refractivity (Wildman–Crippen MR) is 99.2 cm³/mol. The number of nitrogens with one attached hydrogen (secondary N) is 2. The second-order valence-electron chi connectivity index (χ2n) is 4.78. The van der Waals surface area contributed by atoms with Crippen LogP contribution in [0.15, 0.2) is 46.9 Å². The molecule has 2 aromatic carbocycles. The first-order chi connectivity index (χ1) is 10.1. The van der Waals surface area contributed by atoms with Gasteiger partial charge in [0.1, 0.15) is 0 Å². The second kappa shape index (κ2) is 7.57. The zero-order chi connectivity index (χ0) is 15.2. The van der Waals surface area contributed by atoms with E-state index < -0.39 is 0 Å². The maximum Gasteiger partial charge on any atom is 0.175 e. The van der Waals surface area contributed by atoms with Gasteiger partial charge in [0.2, 0.25) is 0 Å². The highest BCUT2D eigenvalue weighted by Crippen LogP contribution is 2.22. The molecule has 21 heavy (non-hydrogen) atoms. The van der Waals surface area contributed by atoms with Crippen LogP contribution in [-0.4, -0.2) is 5.11 Å². The molecule has 0 amide bonds. The lowest BCUT2D eigenvalue weighted by Crippen LogP contribution is -2.19. The topological polar surface area (TPSA) is 24.1 Å². The number of thiocarbonyl (C=S) groups is 1. The fourth-order valence-corrected chi connectivity index (χ4v) is 2.72. The van der Waals surface area contributed by atoms with E-state index in [9.17, 15) is 0 Å². The van der Waals surface area contributed by atoms with E-state index in [1.807, 2.05) is 12.1 Å². The van der Waals surface area contributed by atoms with Crippen LogP contribution in [0.3, 0.4) is 0 Å². The average molecular weight is 363 g/mol. The molecular formula is C17H19BrN2S. The van der Waals surface area contributed by atoms with Crippen LogP contribution in [0.2, 0.25) is 0 Å². The monoisotopic (exact) mass is 362 g/mol. The zero-order valence-corrected chi connectivity index (χ0v) is 14.6. The highest BCUT2D eigenvalue weighted by molar-refractivity contribution is 9.10. The first-order valence-electron chi connectivity index (χ1n) is 7.07. The van der Waals surface area contributed by atoms with E-state index in [1.165, 1.54) is 11.1 Å². The number of anilines is 2. The van der Waals surface area contributed by atoms with Gasteiger partial charge >= 0.3 is 0 Å². The molecule has 0 saturated carbocycles. The zero-order valence-electron chi connectivity index (χ0n) is 12.2. The summed E-state index contributed by atoms with van der Waals surface area (Å²) in [4.78, 5) is 0. The van der Waals surface area contributed by atoms with Crippen molar-refractivity contribution in [2.45, 2.75) is 26.7 Å². The van der Waals surface area contributed by atoms with Crippen LogP contribution >= 0.6 is 28.1 Å². The van der Waals surface area contributed by atoms with Gasteiger partial charge in [-0.3, -0.25) is 0 Å². The van der Waals surface area contributed by atoms with Crippen molar-refractivity contribution in [1.82, 2.24) is 0 Å². The first-order valence-corrected chi connectivity index (χ1v) is 8.28. The van der Waals surface area contributed by atoms with Crippen LogP contribution < -0.4 is 10.6 Å². The SMILES string of the molecule is CCc1ccc(NC(=S)Nc2ccc(Br)cc2CC)cc1. The molecule has 2 N–H and O–H groups in total. The van der Waals surface area contributed by atoms with Gasteiger partial charge in [0, 0.05) is 15.8 Å². The van der Waals surface area contributed by atoms with Crippen LogP contribution in [0.4, 0.5) is 11.4 Å². The Morgan fingerprint density at radius 3 is 2.33 bits per heavy atom. The van der Waals surface area contributed by atoms with Gasteiger partial charge in [-0.05, 0) is 66.5 Å². The first kappa shape index (κ1) is 16.0. The predicted octanol–water partition coefficient (Wildman–Crippen LogP) is 5.38. The summed E-state index contributed by atoms with van der Waals surface area (Å²) in [6, 6.07) is 14.5. The summed E-state index contributed by atoms with van der Waals surface area (Å²) in [6.07, 6.45) is 2.00. The highest BCUT2D eigenvalue weighted by atomic mass is 79.9. The lowest BCUT2D eigenvalue weighted by Gasteiger charge is -2.14. The fourth-order valence-electron chi connectivity index (χ4n) is 2.09. The largest absolute Gasteiger partial charge is 0.332 e. The molecule has 0 saturated heterocycles. The Bertz CT molecular complexity index is 623. The lowest BCUT2D eigenvalue weighted by molar-refractivity contribution is 1.14. The molecule has 110 valence electrons. The van der Waals surface area contributed by atoms with Gasteiger partial charge < -0.3 is 10.6 Å². The van der Waals surface area contributed by atoms with Crippen LogP contribution in [0, 0.1) is 0 Å². The van der Waals surface area contributed by atoms with Gasteiger partial charge in [-0.1, -0.05) is 41.9 Å². The molecule has 0 radical (unpaired) electrons. The molecule has 0 aliphatic heterocycles. The van der Waals surface area contributed by atoms with E-state index in [-0.39, 0.29) is 0 Å². The molecule has 0 aliphatic rings. The van der Waals surface area contributed by atoms with Crippen molar-refractivity contribution in [3.05, 3.63) is 58.1 Å². The van der Waals surface area contributed by atoms with Gasteiger partial charge in [0.25, 0.3) is 0 Å². The summed E-state index contributed by atoms with van der Waals surface area (Å²) < 4.78 is 1.08. The summed E-state index contributed by atoms with van der Waals surface area (Å²) in [5.74, 6) is 0. The van der Waals surface area contributed by atoms with Crippen molar-refractivity contribution in [3.63, 3.8) is 0 Å². The third-order valence-corrected chi connectivity index (χ3v) is 4.01. The Morgan fingerprint density at radius 2 is 1.71 bits per heavy atom. The van der Waals surface area contributed by atoms with Gasteiger partial charge in [0.15, 0.2) is 5.11 Å². The summed E-state index contributed by atoms with van der Waals surface area (Å²) in [5, 5.41) is 7.09. The molecular weight excluding hydrogens is 344 g/mol. The van der Waals surface area contributed by atoms with E-state index in [2.05, 4.69) is 70.7 Å². The molecule has 0 unspecified atom stereocenters. The minimum Gasteiger partial charge on any atom is -0.332 e. The molecule has 0 atom stereocenters. The number of rotatable bonds is 4. The van der Waals surface area contributed by atoms with Crippen molar-refractivity contribution >= 4 is 44.6 Å². The number of halogens is 1. The van der Waals surface area contributed by atoms with Crippen LogP contribution in [0.25, 0.3) is 0 Å². The van der Waals surface area contributed by atoms with E-state index in [0.717, 1.165) is 28.7 Å². The fraction of sp³-hybridized carbons (Fsp3) is 0.235. The summed E-state index contributed by atoms with van der Waals surface area (Å²) >= 11 is 8.88. The number of hydrogen-bond donors (Lipinski definition) is 2. The average Bonchev–Trinajstić information content (AvgIpc) is 2.49. The smallest absolute Gasteiger partial charge is 0.175 e. The van der Waals surface area contributed by atoms with Crippen LogP contribution in [-0.2, 0) is 12.8 Å². The lowest BCUT2D eigenvalue weighted by atomic mass is 10.1. The Morgan fingerprint density at radius 1 is 1.00 bits per heavy atom.